The molecular formula is C29H28ClN3O2. The lowest BCUT2D eigenvalue weighted by Crippen LogP contribution is -2.35. The number of halogens is 1. The van der Waals surface area contributed by atoms with E-state index < -0.39 is 5.92 Å². The number of hydrogen-bond donors (Lipinski definition) is 3. The first-order chi connectivity index (χ1) is 16.8. The molecule has 3 N–H and O–H groups in total. The zero-order chi connectivity index (χ0) is 25.1. The molecule has 3 aromatic carbocycles. The van der Waals surface area contributed by atoms with Crippen molar-refractivity contribution in [1.29, 1.82) is 0 Å². The van der Waals surface area contributed by atoms with Crippen LogP contribution in [0.4, 0.5) is 11.4 Å². The Morgan fingerprint density at radius 2 is 1.20 bits per heavy atom. The van der Waals surface area contributed by atoms with Crippen molar-refractivity contribution in [3.63, 3.8) is 0 Å². The molecule has 0 saturated heterocycles. The number of carbonyl (C=O) groups excluding carboxylic acids is 2. The van der Waals surface area contributed by atoms with Crippen LogP contribution >= 0.6 is 11.6 Å². The molecular weight excluding hydrogens is 458 g/mol. The number of nitrogens with one attached hydrogen (secondary N) is 3. The predicted octanol–water partition coefficient (Wildman–Crippen LogP) is 6.47. The van der Waals surface area contributed by atoms with E-state index in [4.69, 9.17) is 11.6 Å². The fourth-order valence-electron chi connectivity index (χ4n) is 4.42. The van der Waals surface area contributed by atoms with Crippen LogP contribution in [0.2, 0.25) is 5.02 Å². The number of carbonyl (C=O) groups is 2. The summed E-state index contributed by atoms with van der Waals surface area (Å²) in [6.45, 7) is 7.58. The second-order valence-corrected chi connectivity index (χ2v) is 9.16. The van der Waals surface area contributed by atoms with Gasteiger partial charge in [0.2, 0.25) is 0 Å². The molecule has 0 spiro atoms. The van der Waals surface area contributed by atoms with Crippen LogP contribution in [0.3, 0.4) is 0 Å². The van der Waals surface area contributed by atoms with E-state index in [1.54, 1.807) is 12.1 Å². The Balaban J connectivity index is 1.79. The number of aryl methyl sites for hydroxylation is 2. The molecule has 6 heteroatoms. The minimum absolute atomic E-state index is 0.275. The number of allylic oxidation sites excluding steroid dienone is 2. The summed E-state index contributed by atoms with van der Waals surface area (Å²) in [5, 5.41) is 9.86. The van der Waals surface area contributed by atoms with Crippen molar-refractivity contribution in [2.75, 3.05) is 10.6 Å². The number of benzene rings is 3. The van der Waals surface area contributed by atoms with Crippen LogP contribution < -0.4 is 16.0 Å². The third kappa shape index (κ3) is 5.15. The molecule has 0 saturated carbocycles. The number of hydrogen-bond acceptors (Lipinski definition) is 3. The minimum atomic E-state index is -0.608. The first-order valence-corrected chi connectivity index (χ1v) is 11.8. The van der Waals surface area contributed by atoms with Crippen LogP contribution in [0.25, 0.3) is 0 Å². The van der Waals surface area contributed by atoms with E-state index in [1.165, 1.54) is 0 Å². The van der Waals surface area contributed by atoms with E-state index in [1.807, 2.05) is 88.4 Å². The summed E-state index contributed by atoms with van der Waals surface area (Å²) < 4.78 is 0. The Morgan fingerprint density at radius 3 is 1.66 bits per heavy atom. The topological polar surface area (TPSA) is 70.2 Å². The summed E-state index contributed by atoms with van der Waals surface area (Å²) in [5.41, 5.74) is 6.42. The second-order valence-electron chi connectivity index (χ2n) is 8.73. The predicted molar refractivity (Wildman–Crippen MR) is 142 cm³/mol. The van der Waals surface area contributed by atoms with Gasteiger partial charge in [0.15, 0.2) is 0 Å². The van der Waals surface area contributed by atoms with Gasteiger partial charge in [-0.1, -0.05) is 60.1 Å². The molecule has 1 aliphatic rings. The van der Waals surface area contributed by atoms with E-state index in [9.17, 15) is 9.59 Å². The summed E-state index contributed by atoms with van der Waals surface area (Å²) in [7, 11) is 0. The maximum absolute atomic E-state index is 13.7. The van der Waals surface area contributed by atoms with Crippen molar-refractivity contribution in [3.8, 4) is 0 Å². The van der Waals surface area contributed by atoms with Crippen LogP contribution in [-0.4, -0.2) is 11.8 Å². The highest BCUT2D eigenvalue weighted by Crippen LogP contribution is 2.40. The molecule has 5 nitrogen and oxygen atoms in total. The third-order valence-corrected chi connectivity index (χ3v) is 6.45. The molecule has 0 unspecified atom stereocenters. The number of dihydropyridines is 1. The van der Waals surface area contributed by atoms with Crippen molar-refractivity contribution in [1.82, 2.24) is 5.32 Å². The molecule has 1 aliphatic heterocycles. The summed E-state index contributed by atoms with van der Waals surface area (Å²) in [6, 6.07) is 22.5. The Labute approximate surface area is 210 Å². The Morgan fingerprint density at radius 1 is 0.714 bits per heavy atom. The van der Waals surface area contributed by atoms with E-state index >= 15 is 0 Å². The van der Waals surface area contributed by atoms with E-state index in [0.29, 0.717) is 27.6 Å². The summed E-state index contributed by atoms with van der Waals surface area (Å²) in [6.07, 6.45) is 0. The van der Waals surface area contributed by atoms with Crippen LogP contribution in [-0.2, 0) is 9.59 Å². The van der Waals surface area contributed by atoms with Crippen molar-refractivity contribution < 1.29 is 9.59 Å². The standard InChI is InChI=1S/C29H28ClN3O2/c1-17-10-5-7-14-23(17)32-28(34)25-19(3)31-20(4)26(27(25)21-12-9-13-22(30)16-21)29(35)33-24-15-8-6-11-18(24)2/h5-16,27,31H,1-4H3,(H,32,34)(H,33,35). The molecule has 0 aromatic heterocycles. The van der Waals surface area contributed by atoms with Gasteiger partial charge in [0.1, 0.15) is 0 Å². The number of anilines is 2. The Kier molecular flexibility index (Phi) is 7.08. The average Bonchev–Trinajstić information content (AvgIpc) is 2.81. The van der Waals surface area contributed by atoms with Crippen molar-refractivity contribution in [2.24, 2.45) is 0 Å². The largest absolute Gasteiger partial charge is 0.362 e. The molecule has 0 atom stereocenters. The molecule has 0 radical (unpaired) electrons. The highest BCUT2D eigenvalue weighted by atomic mass is 35.5. The maximum atomic E-state index is 13.7. The van der Waals surface area contributed by atoms with Gasteiger partial charge in [0, 0.05) is 44.9 Å². The summed E-state index contributed by atoms with van der Waals surface area (Å²) >= 11 is 6.34. The van der Waals surface area contributed by atoms with Crippen LogP contribution in [0, 0.1) is 13.8 Å². The van der Waals surface area contributed by atoms with Gasteiger partial charge in [-0.15, -0.1) is 0 Å². The molecule has 178 valence electrons. The molecule has 2 amide bonds. The van der Waals surface area contributed by atoms with Gasteiger partial charge < -0.3 is 16.0 Å². The van der Waals surface area contributed by atoms with Gasteiger partial charge in [-0.05, 0) is 68.7 Å². The van der Waals surface area contributed by atoms with Crippen LogP contribution in [0.1, 0.15) is 36.5 Å². The van der Waals surface area contributed by atoms with E-state index in [-0.39, 0.29) is 11.8 Å². The van der Waals surface area contributed by atoms with E-state index in [2.05, 4.69) is 16.0 Å². The monoisotopic (exact) mass is 485 g/mol. The zero-order valence-electron chi connectivity index (χ0n) is 20.2. The maximum Gasteiger partial charge on any atom is 0.254 e. The highest BCUT2D eigenvalue weighted by molar-refractivity contribution is 6.30. The Bertz CT molecular complexity index is 1290. The van der Waals surface area contributed by atoms with Gasteiger partial charge in [0.25, 0.3) is 11.8 Å². The first kappa shape index (κ1) is 24.3. The van der Waals surface area contributed by atoms with Crippen molar-refractivity contribution in [2.45, 2.75) is 33.6 Å². The molecule has 4 rings (SSSR count). The molecule has 0 bridgehead atoms. The van der Waals surface area contributed by atoms with Gasteiger partial charge >= 0.3 is 0 Å². The summed E-state index contributed by atoms with van der Waals surface area (Å²) in [4.78, 5) is 27.4. The number of amides is 2. The first-order valence-electron chi connectivity index (χ1n) is 11.4. The Hall–Kier alpha value is -3.83. The quantitative estimate of drug-likeness (QED) is 0.388. The average molecular weight is 486 g/mol. The lowest BCUT2D eigenvalue weighted by Gasteiger charge is -2.31. The van der Waals surface area contributed by atoms with Crippen LogP contribution in [0.15, 0.2) is 95.3 Å². The smallest absolute Gasteiger partial charge is 0.254 e. The van der Waals surface area contributed by atoms with Crippen LogP contribution in [0.5, 0.6) is 0 Å². The fourth-order valence-corrected chi connectivity index (χ4v) is 4.62. The van der Waals surface area contributed by atoms with Gasteiger partial charge in [-0.25, -0.2) is 0 Å². The second kappa shape index (κ2) is 10.2. The minimum Gasteiger partial charge on any atom is -0.362 e. The number of para-hydroxylation sites is 2. The lowest BCUT2D eigenvalue weighted by molar-refractivity contribution is -0.113. The SMILES string of the molecule is CC1=C(C(=O)Nc2ccccc2C)C(c2cccc(Cl)c2)C(C(=O)Nc2ccccc2C)=C(C)N1. The van der Waals surface area contributed by atoms with Crippen molar-refractivity contribution >= 4 is 34.8 Å². The van der Waals surface area contributed by atoms with E-state index in [0.717, 1.165) is 28.1 Å². The number of rotatable bonds is 5. The third-order valence-electron chi connectivity index (χ3n) is 6.22. The molecule has 0 fully saturated rings. The molecule has 3 aromatic rings. The lowest BCUT2D eigenvalue weighted by atomic mass is 9.79. The molecule has 1 heterocycles. The molecule has 35 heavy (non-hydrogen) atoms. The van der Waals surface area contributed by atoms with Gasteiger partial charge in [-0.3, -0.25) is 9.59 Å². The van der Waals surface area contributed by atoms with Gasteiger partial charge in [-0.2, -0.15) is 0 Å². The highest BCUT2D eigenvalue weighted by Gasteiger charge is 2.36. The van der Waals surface area contributed by atoms with Crippen molar-refractivity contribution in [3.05, 3.63) is 117 Å². The summed E-state index contributed by atoms with van der Waals surface area (Å²) in [5.74, 6) is -1.16. The normalized spacial score (nSPS) is 14.0. The molecule has 0 aliphatic carbocycles. The van der Waals surface area contributed by atoms with Gasteiger partial charge in [0.05, 0.1) is 0 Å². The fraction of sp³-hybridized carbons (Fsp3) is 0.172. The zero-order valence-corrected chi connectivity index (χ0v) is 21.0.